The van der Waals surface area contributed by atoms with E-state index in [1.807, 2.05) is 0 Å². The summed E-state index contributed by atoms with van der Waals surface area (Å²) >= 11 is 0. The van der Waals surface area contributed by atoms with Gasteiger partial charge in [-0.05, 0) is 12.8 Å². The van der Waals surface area contributed by atoms with E-state index in [-0.39, 0.29) is 19.4 Å². The van der Waals surface area contributed by atoms with Crippen LogP contribution in [-0.4, -0.2) is 43.4 Å². The molecule has 0 rings (SSSR count). The van der Waals surface area contributed by atoms with Crippen molar-refractivity contribution in [2.24, 2.45) is 0 Å². The Bertz CT molecular complexity index is 670. The third-order valence-electron chi connectivity index (χ3n) is 6.98. The van der Waals surface area contributed by atoms with Crippen molar-refractivity contribution in [1.82, 2.24) is 6.15 Å². The Morgan fingerprint density at radius 2 is 0.872 bits per heavy atom. The second-order valence-electron chi connectivity index (χ2n) is 10.7. The van der Waals surface area contributed by atoms with Crippen LogP contribution in [0.15, 0.2) is 0 Å². The van der Waals surface area contributed by atoms with Gasteiger partial charge in [0.1, 0.15) is 0 Å². The van der Waals surface area contributed by atoms with Crippen LogP contribution in [0.2, 0.25) is 0 Å². The van der Waals surface area contributed by atoms with E-state index < -0.39 is 33.7 Å². The van der Waals surface area contributed by atoms with Gasteiger partial charge in [0.15, 0.2) is 5.25 Å². The number of rotatable bonds is 28. The molecule has 0 amide bonds. The number of hydrogen-bond donors (Lipinski definition) is 2. The fourth-order valence-corrected chi connectivity index (χ4v) is 5.16. The highest BCUT2D eigenvalue weighted by Crippen LogP contribution is 2.14. The van der Waals surface area contributed by atoms with Crippen LogP contribution in [0.5, 0.6) is 0 Å². The van der Waals surface area contributed by atoms with Crippen molar-refractivity contribution in [3.8, 4) is 0 Å². The van der Waals surface area contributed by atoms with Crippen molar-refractivity contribution in [1.29, 1.82) is 0 Å². The van der Waals surface area contributed by atoms with Gasteiger partial charge in [0.05, 0.1) is 19.6 Å². The fraction of sp³-hybridized carbons (Fsp3) is 0.933. The lowest BCUT2D eigenvalue weighted by molar-refractivity contribution is -0.150. The molecule has 0 heterocycles. The Kier molecular flexibility index (Phi) is 29.0. The predicted molar refractivity (Wildman–Crippen MR) is 160 cm³/mol. The maximum atomic E-state index is 12.2. The minimum atomic E-state index is -4.76. The highest BCUT2D eigenvalue weighted by Gasteiger charge is 2.35. The number of ether oxygens (including phenoxy) is 2. The second-order valence-corrected chi connectivity index (χ2v) is 12.3. The molecule has 0 spiro atoms. The molecule has 234 valence electrons. The molecule has 8 nitrogen and oxygen atoms in total. The van der Waals surface area contributed by atoms with E-state index in [0.29, 0.717) is 12.8 Å². The maximum Gasteiger partial charge on any atom is 0.327 e. The number of carbonyl (C=O) groups excluding carboxylic acids is 2. The number of carbonyl (C=O) groups is 2. The summed E-state index contributed by atoms with van der Waals surface area (Å²) in [5, 5.41) is -1.93. The molecule has 0 aliphatic carbocycles. The first-order valence-electron chi connectivity index (χ1n) is 15.6. The lowest BCUT2D eigenvalue weighted by Gasteiger charge is -2.13. The van der Waals surface area contributed by atoms with Gasteiger partial charge >= 0.3 is 11.9 Å². The minimum absolute atomic E-state index is 0. The maximum absolute atomic E-state index is 12.2. The Labute approximate surface area is 240 Å². The average molecular weight is 580 g/mol. The minimum Gasteiger partial charge on any atom is -0.466 e. The fourth-order valence-electron chi connectivity index (χ4n) is 4.50. The number of esters is 2. The standard InChI is InChI=1S/C30H58O7S.H3N/c1-3-5-7-9-11-13-15-17-19-21-23-25-36-29(31)27-28(38(33,34)35)30(32)37-26-24-22-20-18-16-14-12-10-8-6-4-2;/h28H,3-27H2,1-2H3,(H,33,34,35);1H3. The molecule has 39 heavy (non-hydrogen) atoms. The van der Waals surface area contributed by atoms with E-state index >= 15 is 0 Å². The van der Waals surface area contributed by atoms with Crippen LogP contribution in [0.4, 0.5) is 0 Å². The largest absolute Gasteiger partial charge is 0.466 e. The van der Waals surface area contributed by atoms with Crippen molar-refractivity contribution in [2.75, 3.05) is 13.2 Å². The monoisotopic (exact) mass is 579 g/mol. The van der Waals surface area contributed by atoms with Crippen LogP contribution in [0.3, 0.4) is 0 Å². The lowest BCUT2D eigenvalue weighted by atomic mass is 10.1. The van der Waals surface area contributed by atoms with Gasteiger partial charge in [-0.1, -0.05) is 142 Å². The van der Waals surface area contributed by atoms with Crippen molar-refractivity contribution in [3.63, 3.8) is 0 Å². The van der Waals surface area contributed by atoms with E-state index in [9.17, 15) is 22.6 Å². The highest BCUT2D eigenvalue weighted by atomic mass is 32.2. The molecule has 0 aliphatic rings. The molecular formula is C30H61NO7S. The molecule has 0 saturated carbocycles. The summed E-state index contributed by atoms with van der Waals surface area (Å²) < 4.78 is 42.9. The van der Waals surface area contributed by atoms with E-state index in [0.717, 1.165) is 38.5 Å². The number of unbranched alkanes of at least 4 members (excludes halogenated alkanes) is 20. The van der Waals surface area contributed by atoms with Crippen LogP contribution in [-0.2, 0) is 29.2 Å². The van der Waals surface area contributed by atoms with Gasteiger partial charge in [-0.2, -0.15) is 8.42 Å². The van der Waals surface area contributed by atoms with Crippen molar-refractivity contribution < 1.29 is 32.0 Å². The molecule has 1 atom stereocenters. The first kappa shape index (κ1) is 40.0. The zero-order valence-corrected chi connectivity index (χ0v) is 26.1. The molecule has 0 aromatic carbocycles. The molecular weight excluding hydrogens is 518 g/mol. The molecule has 0 aromatic rings. The normalized spacial score (nSPS) is 12.1. The first-order valence-corrected chi connectivity index (χ1v) is 17.1. The van der Waals surface area contributed by atoms with E-state index in [1.165, 1.54) is 89.9 Å². The Hall–Kier alpha value is -1.19. The van der Waals surface area contributed by atoms with Gasteiger partial charge in [0, 0.05) is 0 Å². The summed E-state index contributed by atoms with van der Waals surface area (Å²) in [6.07, 6.45) is 24.8. The van der Waals surface area contributed by atoms with E-state index in [4.69, 9.17) is 9.47 Å². The van der Waals surface area contributed by atoms with Gasteiger partial charge in [-0.3, -0.25) is 14.1 Å². The lowest BCUT2D eigenvalue weighted by Crippen LogP contribution is -2.34. The Balaban J connectivity index is 0. The van der Waals surface area contributed by atoms with Gasteiger partial charge in [-0.15, -0.1) is 0 Å². The summed E-state index contributed by atoms with van der Waals surface area (Å²) in [6.45, 7) is 4.70. The number of hydrogen-bond acceptors (Lipinski definition) is 7. The van der Waals surface area contributed by atoms with Gasteiger partial charge in [-0.25, -0.2) is 0 Å². The van der Waals surface area contributed by atoms with Gasteiger partial charge < -0.3 is 15.6 Å². The Morgan fingerprint density at radius 1 is 0.564 bits per heavy atom. The van der Waals surface area contributed by atoms with Crippen LogP contribution >= 0.6 is 0 Å². The molecule has 4 N–H and O–H groups in total. The molecule has 0 radical (unpaired) electrons. The average Bonchev–Trinajstić information content (AvgIpc) is 2.87. The highest BCUT2D eigenvalue weighted by molar-refractivity contribution is 7.87. The van der Waals surface area contributed by atoms with E-state index in [1.54, 1.807) is 0 Å². The molecule has 0 fully saturated rings. The zero-order chi connectivity index (χ0) is 28.3. The third-order valence-corrected chi connectivity index (χ3v) is 8.06. The summed E-state index contributed by atoms with van der Waals surface area (Å²) in [6, 6.07) is 0. The SMILES string of the molecule is CCCCCCCCCCCCCOC(=O)CC(C(=O)OCCCCCCCCCCCCC)S(=O)(=O)O.N. The summed E-state index contributed by atoms with van der Waals surface area (Å²) in [5.74, 6) is -1.91. The molecule has 0 bridgehead atoms. The molecule has 9 heteroatoms. The summed E-state index contributed by atoms with van der Waals surface area (Å²) in [5.41, 5.74) is 0. The van der Waals surface area contributed by atoms with Crippen molar-refractivity contribution >= 4 is 22.1 Å². The molecule has 1 unspecified atom stereocenters. The van der Waals surface area contributed by atoms with Gasteiger partial charge in [0.2, 0.25) is 0 Å². The van der Waals surface area contributed by atoms with Crippen LogP contribution in [0.1, 0.15) is 162 Å². The first-order chi connectivity index (χ1) is 18.3. The van der Waals surface area contributed by atoms with Gasteiger partial charge in [0.25, 0.3) is 10.1 Å². The van der Waals surface area contributed by atoms with Crippen LogP contribution in [0.25, 0.3) is 0 Å². The molecule has 0 saturated heterocycles. The van der Waals surface area contributed by atoms with E-state index in [2.05, 4.69) is 13.8 Å². The zero-order valence-electron chi connectivity index (χ0n) is 25.3. The van der Waals surface area contributed by atoms with Crippen LogP contribution in [0, 0.1) is 0 Å². The van der Waals surface area contributed by atoms with Crippen LogP contribution < -0.4 is 6.15 Å². The quantitative estimate of drug-likeness (QED) is 0.0533. The Morgan fingerprint density at radius 3 is 1.21 bits per heavy atom. The topological polar surface area (TPSA) is 142 Å². The molecule has 0 aliphatic heterocycles. The molecule has 0 aromatic heterocycles. The predicted octanol–water partition coefficient (Wildman–Crippen LogP) is 8.50. The summed E-state index contributed by atoms with van der Waals surface area (Å²) in [4.78, 5) is 24.3. The second kappa shape index (κ2) is 28.3. The summed E-state index contributed by atoms with van der Waals surface area (Å²) in [7, 11) is -4.76. The van der Waals surface area contributed by atoms with Crippen molar-refractivity contribution in [2.45, 2.75) is 167 Å². The smallest absolute Gasteiger partial charge is 0.327 e. The van der Waals surface area contributed by atoms with Crippen molar-refractivity contribution in [3.05, 3.63) is 0 Å². The third kappa shape index (κ3) is 26.8.